The van der Waals surface area contributed by atoms with Crippen molar-refractivity contribution in [2.45, 2.75) is 25.7 Å². The second kappa shape index (κ2) is 18.3. The van der Waals surface area contributed by atoms with Crippen molar-refractivity contribution in [3.05, 3.63) is 52.8 Å². The molecule has 1 heterocycles. The van der Waals surface area contributed by atoms with Crippen molar-refractivity contribution >= 4 is 41.2 Å². The fourth-order valence-electron chi connectivity index (χ4n) is 4.36. The van der Waals surface area contributed by atoms with Gasteiger partial charge in [0, 0.05) is 5.75 Å². The maximum absolute atomic E-state index is 7.30. The van der Waals surface area contributed by atoms with Gasteiger partial charge in [0.15, 0.2) is 28.2 Å². The van der Waals surface area contributed by atoms with Crippen molar-refractivity contribution in [3.8, 4) is 40.5 Å². The number of hydrogen-bond donors (Lipinski definition) is 2. The number of aromatic nitrogens is 2. The monoisotopic (exact) mass is 638 g/mol. The fraction of sp³-hybridized carbons (Fsp3) is 0.364. The molecule has 11 nitrogen and oxygen atoms in total. The third kappa shape index (κ3) is 10.5. The molecule has 0 spiro atoms. The van der Waals surface area contributed by atoms with Gasteiger partial charge in [-0.05, 0) is 66.5 Å². The summed E-state index contributed by atoms with van der Waals surface area (Å²) in [5.41, 5.74) is 8.38. The van der Waals surface area contributed by atoms with Crippen molar-refractivity contribution in [1.29, 1.82) is 5.41 Å². The van der Waals surface area contributed by atoms with Crippen molar-refractivity contribution in [2.75, 3.05) is 55.0 Å². The van der Waals surface area contributed by atoms with Gasteiger partial charge in [-0.1, -0.05) is 36.8 Å². The normalized spacial score (nSPS) is 11.1. The van der Waals surface area contributed by atoms with E-state index in [0.29, 0.717) is 52.5 Å². The van der Waals surface area contributed by atoms with Crippen LogP contribution in [0.4, 0.5) is 0 Å². The topological polar surface area (TPSA) is 140 Å². The lowest BCUT2D eigenvalue weighted by Gasteiger charge is -2.13. The molecule has 0 bridgehead atoms. The quantitative estimate of drug-likeness (QED) is 0.0904. The molecule has 0 saturated heterocycles. The highest BCUT2D eigenvalue weighted by Gasteiger charge is 2.14. The summed E-state index contributed by atoms with van der Waals surface area (Å²) in [7, 11) is 9.46. The lowest BCUT2D eigenvalue weighted by atomic mass is 10.1. The predicted octanol–water partition coefficient (Wildman–Crippen LogP) is 6.43. The third-order valence-corrected chi connectivity index (χ3v) is 7.34. The second-order valence-electron chi connectivity index (χ2n) is 9.56. The molecule has 0 aliphatic heterocycles. The van der Waals surface area contributed by atoms with Crippen molar-refractivity contribution in [3.63, 3.8) is 0 Å². The SMILES string of the molecule is COc1cc(/C=C/c2cc(/C=C/c3cc(OC)c(OC)c(OC)c3)nc(OCCCCCCSC(=N)N)n2)cc(OC)c1OC. The number of nitrogens with one attached hydrogen (secondary N) is 1. The number of rotatable bonds is 18. The number of hydrogen-bond acceptors (Lipinski definition) is 11. The van der Waals surface area contributed by atoms with Gasteiger partial charge in [0.05, 0.1) is 60.7 Å². The van der Waals surface area contributed by atoms with E-state index in [2.05, 4.69) is 9.97 Å². The summed E-state index contributed by atoms with van der Waals surface area (Å²) in [5, 5.41) is 7.46. The van der Waals surface area contributed by atoms with E-state index >= 15 is 0 Å². The Hall–Kier alpha value is -4.58. The second-order valence-corrected chi connectivity index (χ2v) is 10.7. The van der Waals surface area contributed by atoms with Gasteiger partial charge in [-0.25, -0.2) is 0 Å². The van der Waals surface area contributed by atoms with Gasteiger partial charge in [0.1, 0.15) is 0 Å². The van der Waals surface area contributed by atoms with Gasteiger partial charge in [-0.15, -0.1) is 0 Å². The van der Waals surface area contributed by atoms with Gasteiger partial charge in [0.2, 0.25) is 11.5 Å². The maximum Gasteiger partial charge on any atom is 0.317 e. The van der Waals surface area contributed by atoms with Crippen LogP contribution in [0.2, 0.25) is 0 Å². The first-order valence-electron chi connectivity index (χ1n) is 14.3. The van der Waals surface area contributed by atoms with Crippen LogP contribution < -0.4 is 38.9 Å². The minimum atomic E-state index is 0.157. The van der Waals surface area contributed by atoms with Gasteiger partial charge in [-0.2, -0.15) is 9.97 Å². The summed E-state index contributed by atoms with van der Waals surface area (Å²) in [6.07, 6.45) is 11.4. The number of benzene rings is 2. The molecule has 0 aliphatic carbocycles. The fourth-order valence-corrected chi connectivity index (χ4v) is 4.93. The van der Waals surface area contributed by atoms with E-state index in [1.807, 2.05) is 54.6 Å². The van der Waals surface area contributed by atoms with Crippen LogP contribution >= 0.6 is 11.8 Å². The van der Waals surface area contributed by atoms with Crippen LogP contribution in [0.3, 0.4) is 0 Å². The molecule has 0 aliphatic rings. The zero-order valence-electron chi connectivity index (χ0n) is 26.7. The third-order valence-electron chi connectivity index (χ3n) is 6.54. The summed E-state index contributed by atoms with van der Waals surface area (Å²) in [4.78, 5) is 9.26. The average molecular weight is 639 g/mol. The molecular formula is C33H42N4O7S. The number of methoxy groups -OCH3 is 6. The molecule has 0 amide bonds. The zero-order chi connectivity index (χ0) is 32.6. The predicted molar refractivity (Wildman–Crippen MR) is 180 cm³/mol. The highest BCUT2D eigenvalue weighted by molar-refractivity contribution is 8.13. The first-order chi connectivity index (χ1) is 21.8. The molecule has 0 unspecified atom stereocenters. The molecule has 3 aromatic rings. The van der Waals surface area contributed by atoms with Crippen molar-refractivity contribution in [1.82, 2.24) is 9.97 Å². The van der Waals surface area contributed by atoms with E-state index in [9.17, 15) is 0 Å². The maximum atomic E-state index is 7.30. The van der Waals surface area contributed by atoms with Crippen LogP contribution in [0, 0.1) is 5.41 Å². The summed E-state index contributed by atoms with van der Waals surface area (Å²) < 4.78 is 38.8. The van der Waals surface area contributed by atoms with Crippen molar-refractivity contribution < 1.29 is 33.2 Å². The Labute approximate surface area is 269 Å². The molecule has 0 atom stereocenters. The van der Waals surface area contributed by atoms with E-state index in [4.69, 9.17) is 44.3 Å². The number of nitrogens with two attached hydrogens (primary N) is 1. The van der Waals surface area contributed by atoms with Gasteiger partial charge >= 0.3 is 6.01 Å². The average Bonchev–Trinajstić information content (AvgIpc) is 3.06. The first-order valence-corrected chi connectivity index (χ1v) is 15.3. The van der Waals surface area contributed by atoms with Crippen LogP contribution in [0.15, 0.2) is 30.3 Å². The zero-order valence-corrected chi connectivity index (χ0v) is 27.5. The Morgan fingerprint density at radius 3 is 1.49 bits per heavy atom. The smallest absolute Gasteiger partial charge is 0.317 e. The summed E-state index contributed by atoms with van der Waals surface area (Å²) >= 11 is 1.37. The molecule has 0 saturated carbocycles. The van der Waals surface area contributed by atoms with Crippen LogP contribution in [0.25, 0.3) is 24.3 Å². The summed E-state index contributed by atoms with van der Waals surface area (Å²) in [6.45, 7) is 0.482. The van der Waals surface area contributed by atoms with E-state index in [0.717, 1.165) is 42.6 Å². The standard InChI is InChI=1S/C33H42N4O7S/c1-38-26-17-22(18-27(39-2)30(26)42-5)11-13-24-21-25(14-12-23-19-28(40-3)31(43-6)29(20-23)41-4)37-33(36-24)44-15-9-7-8-10-16-45-32(34)35/h11-14,17-21H,7-10,15-16H2,1-6H3,(H3,34,35)/b13-11+,14-12+. The lowest BCUT2D eigenvalue weighted by molar-refractivity contribution is 0.281. The van der Waals surface area contributed by atoms with Gasteiger partial charge in [0.25, 0.3) is 0 Å². The van der Waals surface area contributed by atoms with Crippen molar-refractivity contribution in [2.24, 2.45) is 5.73 Å². The van der Waals surface area contributed by atoms with Gasteiger partial charge in [-0.3, -0.25) is 5.41 Å². The Morgan fingerprint density at radius 2 is 1.09 bits per heavy atom. The minimum Gasteiger partial charge on any atom is -0.493 e. The van der Waals surface area contributed by atoms with Crippen LogP contribution in [0.5, 0.6) is 40.5 Å². The van der Waals surface area contributed by atoms with Crippen LogP contribution in [0.1, 0.15) is 48.2 Å². The number of ether oxygens (including phenoxy) is 7. The molecule has 1 aromatic heterocycles. The molecule has 45 heavy (non-hydrogen) atoms. The number of unbranched alkanes of at least 4 members (excludes halogenated alkanes) is 3. The molecule has 3 rings (SSSR count). The lowest BCUT2D eigenvalue weighted by Crippen LogP contribution is -2.05. The highest BCUT2D eigenvalue weighted by Crippen LogP contribution is 2.39. The molecule has 0 fully saturated rings. The molecule has 3 N–H and O–H groups in total. The number of thioether (sulfide) groups is 1. The summed E-state index contributed by atoms with van der Waals surface area (Å²) in [6, 6.07) is 9.57. The van der Waals surface area contributed by atoms with E-state index < -0.39 is 0 Å². The molecule has 0 radical (unpaired) electrons. The van der Waals surface area contributed by atoms with E-state index in [1.165, 1.54) is 11.8 Å². The number of nitrogens with zero attached hydrogens (tertiary/aromatic N) is 2. The minimum absolute atomic E-state index is 0.157. The number of amidine groups is 1. The highest BCUT2D eigenvalue weighted by atomic mass is 32.2. The van der Waals surface area contributed by atoms with Crippen LogP contribution in [-0.4, -0.2) is 70.2 Å². The van der Waals surface area contributed by atoms with Gasteiger partial charge < -0.3 is 38.9 Å². The summed E-state index contributed by atoms with van der Waals surface area (Å²) in [5.74, 6) is 4.10. The van der Waals surface area contributed by atoms with E-state index in [-0.39, 0.29) is 11.2 Å². The van der Waals surface area contributed by atoms with Crippen LogP contribution in [-0.2, 0) is 0 Å². The molecular weight excluding hydrogens is 596 g/mol. The Morgan fingerprint density at radius 1 is 0.644 bits per heavy atom. The Bertz CT molecular complexity index is 1340. The molecule has 12 heteroatoms. The Balaban J connectivity index is 1.86. The Kier molecular flexibility index (Phi) is 14.2. The van der Waals surface area contributed by atoms with E-state index in [1.54, 1.807) is 42.7 Å². The first kappa shape index (κ1) is 34.9. The molecule has 242 valence electrons. The largest absolute Gasteiger partial charge is 0.493 e. The molecule has 2 aromatic carbocycles.